The highest BCUT2D eigenvalue weighted by molar-refractivity contribution is 9.10. The minimum atomic E-state index is -0.188. The van der Waals surface area contributed by atoms with Gasteiger partial charge in [-0.2, -0.15) is 0 Å². The highest BCUT2D eigenvalue weighted by atomic mass is 79.9. The zero-order valence-corrected chi connectivity index (χ0v) is 11.8. The first-order valence-corrected chi connectivity index (χ1v) is 6.71. The van der Waals surface area contributed by atoms with Crippen LogP contribution in [0.1, 0.15) is 17.3 Å². The van der Waals surface area contributed by atoms with Crippen LogP contribution >= 0.6 is 27.7 Å². The number of hydrogen-bond donors (Lipinski definition) is 1. The lowest BCUT2D eigenvalue weighted by molar-refractivity contribution is 0.101. The van der Waals surface area contributed by atoms with Gasteiger partial charge in [0.1, 0.15) is 0 Å². The standard InChI is InChI=1S/C12H9BrN2O2S/c1-7(16)9-3-2-8(6-10(9)13)18-12-14-5-4-11(17)15-12/h2-6H,1H3,(H,14,15,17). The number of halogens is 1. The van der Waals surface area contributed by atoms with Crippen molar-refractivity contribution in [1.82, 2.24) is 9.97 Å². The van der Waals surface area contributed by atoms with Crippen molar-refractivity contribution in [2.75, 3.05) is 0 Å². The topological polar surface area (TPSA) is 62.8 Å². The smallest absolute Gasteiger partial charge is 0.251 e. The maximum atomic E-state index is 11.3. The Morgan fingerprint density at radius 1 is 1.39 bits per heavy atom. The number of benzene rings is 1. The van der Waals surface area contributed by atoms with Crippen molar-refractivity contribution in [2.24, 2.45) is 0 Å². The monoisotopic (exact) mass is 324 g/mol. The molecule has 18 heavy (non-hydrogen) atoms. The first-order valence-electron chi connectivity index (χ1n) is 5.10. The molecule has 0 aliphatic heterocycles. The lowest BCUT2D eigenvalue weighted by Gasteiger charge is -2.04. The van der Waals surface area contributed by atoms with E-state index in [2.05, 4.69) is 25.9 Å². The van der Waals surface area contributed by atoms with E-state index in [4.69, 9.17) is 0 Å². The molecule has 0 amide bonds. The molecular formula is C12H9BrN2O2S. The zero-order chi connectivity index (χ0) is 13.1. The molecular weight excluding hydrogens is 316 g/mol. The second-order valence-electron chi connectivity index (χ2n) is 3.54. The second-order valence-corrected chi connectivity index (χ2v) is 5.46. The quantitative estimate of drug-likeness (QED) is 0.696. The summed E-state index contributed by atoms with van der Waals surface area (Å²) in [5, 5.41) is 0.518. The molecule has 0 fully saturated rings. The van der Waals surface area contributed by atoms with Gasteiger partial charge in [-0.25, -0.2) is 4.98 Å². The Bertz CT molecular complexity index is 655. The summed E-state index contributed by atoms with van der Waals surface area (Å²) in [6.07, 6.45) is 1.46. The molecule has 0 unspecified atom stereocenters. The van der Waals surface area contributed by atoms with Crippen LogP contribution in [0.4, 0.5) is 0 Å². The van der Waals surface area contributed by atoms with Crippen LogP contribution in [0.2, 0.25) is 0 Å². The molecule has 0 saturated heterocycles. The third-order valence-corrected chi connectivity index (χ3v) is 3.73. The molecule has 4 nitrogen and oxygen atoms in total. The van der Waals surface area contributed by atoms with E-state index >= 15 is 0 Å². The van der Waals surface area contributed by atoms with Crippen LogP contribution in [-0.4, -0.2) is 15.8 Å². The van der Waals surface area contributed by atoms with Gasteiger partial charge in [0.2, 0.25) is 0 Å². The number of rotatable bonds is 3. The van der Waals surface area contributed by atoms with Gasteiger partial charge in [-0.1, -0.05) is 27.7 Å². The predicted octanol–water partition coefficient (Wildman–Crippen LogP) is 2.89. The minimum absolute atomic E-state index is 0.00432. The summed E-state index contributed by atoms with van der Waals surface area (Å²) in [6, 6.07) is 6.75. The Balaban J connectivity index is 2.28. The van der Waals surface area contributed by atoms with E-state index in [1.807, 2.05) is 12.1 Å². The average Bonchev–Trinajstić information content (AvgIpc) is 2.28. The highest BCUT2D eigenvalue weighted by Gasteiger charge is 2.07. The molecule has 92 valence electrons. The number of Topliss-reactive ketones (excluding diaryl/α,β-unsaturated/α-hetero) is 1. The Morgan fingerprint density at radius 3 is 2.78 bits per heavy atom. The minimum Gasteiger partial charge on any atom is -0.301 e. The molecule has 0 saturated carbocycles. The van der Waals surface area contributed by atoms with Gasteiger partial charge in [-0.05, 0) is 25.1 Å². The lowest BCUT2D eigenvalue weighted by atomic mass is 10.2. The molecule has 1 N–H and O–H groups in total. The Labute approximate surface area is 116 Å². The number of carbonyl (C=O) groups is 1. The van der Waals surface area contributed by atoms with E-state index in [1.54, 1.807) is 6.07 Å². The second kappa shape index (κ2) is 5.49. The molecule has 0 atom stereocenters. The molecule has 1 aromatic carbocycles. The lowest BCUT2D eigenvalue weighted by Crippen LogP contribution is -2.05. The third kappa shape index (κ3) is 3.08. The number of aromatic amines is 1. The number of ketones is 1. The molecule has 0 aliphatic rings. The van der Waals surface area contributed by atoms with Crippen LogP contribution in [0.25, 0.3) is 0 Å². The Kier molecular flexibility index (Phi) is 3.98. The van der Waals surface area contributed by atoms with Gasteiger partial charge in [-0.15, -0.1) is 0 Å². The summed E-state index contributed by atoms with van der Waals surface area (Å²) in [7, 11) is 0. The van der Waals surface area contributed by atoms with E-state index < -0.39 is 0 Å². The SMILES string of the molecule is CC(=O)c1ccc(Sc2nccc(=O)[nH]2)cc1Br. The maximum absolute atomic E-state index is 11.3. The molecule has 1 heterocycles. The van der Waals surface area contributed by atoms with Gasteiger partial charge in [0, 0.05) is 27.2 Å². The van der Waals surface area contributed by atoms with Gasteiger partial charge < -0.3 is 4.98 Å². The molecule has 0 radical (unpaired) electrons. The number of carbonyl (C=O) groups excluding carboxylic acids is 1. The van der Waals surface area contributed by atoms with E-state index in [9.17, 15) is 9.59 Å². The molecule has 0 spiro atoms. The van der Waals surface area contributed by atoms with Crippen molar-refractivity contribution in [2.45, 2.75) is 17.0 Å². The van der Waals surface area contributed by atoms with E-state index in [0.29, 0.717) is 10.7 Å². The number of nitrogens with zero attached hydrogens (tertiary/aromatic N) is 1. The van der Waals surface area contributed by atoms with Crippen LogP contribution < -0.4 is 5.56 Å². The number of hydrogen-bond acceptors (Lipinski definition) is 4. The first-order chi connectivity index (χ1) is 8.56. The number of H-pyrrole nitrogens is 1. The van der Waals surface area contributed by atoms with Crippen molar-refractivity contribution < 1.29 is 4.79 Å². The van der Waals surface area contributed by atoms with Crippen molar-refractivity contribution in [1.29, 1.82) is 0 Å². The van der Waals surface area contributed by atoms with Gasteiger partial charge in [-0.3, -0.25) is 9.59 Å². The van der Waals surface area contributed by atoms with Gasteiger partial charge in [0.15, 0.2) is 10.9 Å². The molecule has 6 heteroatoms. The van der Waals surface area contributed by atoms with Gasteiger partial charge in [0.05, 0.1) is 0 Å². The average molecular weight is 325 g/mol. The van der Waals surface area contributed by atoms with Gasteiger partial charge in [0.25, 0.3) is 5.56 Å². The highest BCUT2D eigenvalue weighted by Crippen LogP contribution is 2.28. The fraction of sp³-hybridized carbons (Fsp3) is 0.0833. The molecule has 2 aromatic rings. The fourth-order valence-electron chi connectivity index (χ4n) is 1.36. The number of nitrogens with one attached hydrogen (secondary N) is 1. The van der Waals surface area contributed by atoms with Crippen molar-refractivity contribution in [3.63, 3.8) is 0 Å². The summed E-state index contributed by atoms with van der Waals surface area (Å²) in [4.78, 5) is 30.0. The van der Waals surface area contributed by atoms with Crippen molar-refractivity contribution in [3.8, 4) is 0 Å². The third-order valence-electron chi connectivity index (χ3n) is 2.18. The summed E-state index contributed by atoms with van der Waals surface area (Å²) in [6.45, 7) is 1.52. The summed E-state index contributed by atoms with van der Waals surface area (Å²) < 4.78 is 0.735. The van der Waals surface area contributed by atoms with Crippen LogP contribution in [0.3, 0.4) is 0 Å². The van der Waals surface area contributed by atoms with E-state index in [-0.39, 0.29) is 11.3 Å². The number of aromatic nitrogens is 2. The van der Waals surface area contributed by atoms with Gasteiger partial charge >= 0.3 is 0 Å². The maximum Gasteiger partial charge on any atom is 0.251 e. The van der Waals surface area contributed by atoms with Crippen LogP contribution in [0.5, 0.6) is 0 Å². The fourth-order valence-corrected chi connectivity index (χ4v) is 2.97. The molecule has 2 rings (SSSR count). The Hall–Kier alpha value is -1.40. The van der Waals surface area contributed by atoms with Crippen LogP contribution in [0.15, 0.2) is 49.8 Å². The zero-order valence-electron chi connectivity index (χ0n) is 9.44. The largest absolute Gasteiger partial charge is 0.301 e. The van der Waals surface area contributed by atoms with E-state index in [1.165, 1.54) is 30.9 Å². The normalized spacial score (nSPS) is 10.3. The van der Waals surface area contributed by atoms with Crippen molar-refractivity contribution in [3.05, 3.63) is 50.9 Å². The summed E-state index contributed by atoms with van der Waals surface area (Å²) in [5.74, 6) is 0.00432. The Morgan fingerprint density at radius 2 is 2.17 bits per heavy atom. The molecule has 0 bridgehead atoms. The first kappa shape index (κ1) is 13.0. The van der Waals surface area contributed by atoms with Crippen molar-refractivity contribution >= 4 is 33.5 Å². The van der Waals surface area contributed by atoms with Crippen LogP contribution in [-0.2, 0) is 0 Å². The molecule has 1 aromatic heterocycles. The summed E-state index contributed by atoms with van der Waals surface area (Å²) >= 11 is 4.68. The van der Waals surface area contributed by atoms with Crippen LogP contribution in [0, 0.1) is 0 Å². The van der Waals surface area contributed by atoms with E-state index in [0.717, 1.165) is 9.37 Å². The molecule has 0 aliphatic carbocycles. The predicted molar refractivity (Wildman–Crippen MR) is 73.1 cm³/mol. The summed E-state index contributed by atoms with van der Waals surface area (Å²) in [5.41, 5.74) is 0.445.